The maximum atomic E-state index is 13.5. The molecule has 3 rings (SSSR count). The van der Waals surface area contributed by atoms with Crippen molar-refractivity contribution in [3.63, 3.8) is 0 Å². The Labute approximate surface area is 150 Å². The number of carbonyl (C=O) groups is 1. The van der Waals surface area contributed by atoms with Crippen molar-refractivity contribution in [1.29, 1.82) is 0 Å². The van der Waals surface area contributed by atoms with Gasteiger partial charge in [-0.25, -0.2) is 0 Å². The summed E-state index contributed by atoms with van der Waals surface area (Å²) in [6.45, 7) is 8.23. The molecular weight excluding hydrogens is 306 g/mol. The summed E-state index contributed by atoms with van der Waals surface area (Å²) in [6.07, 6.45) is 0.908. The van der Waals surface area contributed by atoms with Gasteiger partial charge in [-0.3, -0.25) is 4.79 Å². The van der Waals surface area contributed by atoms with E-state index in [-0.39, 0.29) is 5.78 Å². The van der Waals surface area contributed by atoms with Crippen LogP contribution < -0.4 is 4.90 Å². The van der Waals surface area contributed by atoms with Gasteiger partial charge in [0.05, 0.1) is 11.3 Å². The number of nitrogens with zero attached hydrogens (tertiary/aromatic N) is 1. The number of carbonyl (C=O) groups excluding carboxylic acids is 1. The van der Waals surface area contributed by atoms with Crippen LogP contribution in [0.25, 0.3) is 10.8 Å². The van der Waals surface area contributed by atoms with Crippen LogP contribution in [0, 0.1) is 0 Å². The maximum Gasteiger partial charge on any atom is 0.195 e. The smallest absolute Gasteiger partial charge is 0.195 e. The molecule has 0 aliphatic heterocycles. The third-order valence-electron chi connectivity index (χ3n) is 4.82. The Balaban J connectivity index is 2.36. The van der Waals surface area contributed by atoms with E-state index < -0.39 is 0 Å². The summed E-state index contributed by atoms with van der Waals surface area (Å²) >= 11 is 0. The lowest BCUT2D eigenvalue weighted by Crippen LogP contribution is -2.26. The van der Waals surface area contributed by atoms with Crippen LogP contribution in [-0.4, -0.2) is 18.9 Å². The molecule has 0 bridgehead atoms. The van der Waals surface area contributed by atoms with Gasteiger partial charge in [0, 0.05) is 18.7 Å². The molecule has 0 amide bonds. The van der Waals surface area contributed by atoms with Gasteiger partial charge in [-0.15, -0.1) is 0 Å². The summed E-state index contributed by atoms with van der Waals surface area (Å²) < 4.78 is 0. The number of fused-ring (bicyclic) bond motifs is 1. The summed E-state index contributed by atoms with van der Waals surface area (Å²) in [4.78, 5) is 15.8. The largest absolute Gasteiger partial charge is 0.371 e. The lowest BCUT2D eigenvalue weighted by molar-refractivity contribution is 0.104. The van der Waals surface area contributed by atoms with E-state index in [1.165, 1.54) is 5.56 Å². The molecule has 0 fully saturated rings. The van der Waals surface area contributed by atoms with E-state index in [2.05, 4.69) is 43.9 Å². The Bertz CT molecular complexity index is 879. The van der Waals surface area contributed by atoms with Gasteiger partial charge in [0.25, 0.3) is 0 Å². The van der Waals surface area contributed by atoms with Crippen molar-refractivity contribution in [2.75, 3.05) is 18.0 Å². The maximum absolute atomic E-state index is 13.5. The van der Waals surface area contributed by atoms with Gasteiger partial charge >= 0.3 is 0 Å². The number of hydrogen-bond donors (Lipinski definition) is 0. The Morgan fingerprint density at radius 3 is 2.16 bits per heavy atom. The first-order chi connectivity index (χ1) is 12.2. The van der Waals surface area contributed by atoms with Crippen molar-refractivity contribution in [2.45, 2.75) is 27.2 Å². The van der Waals surface area contributed by atoms with Crippen LogP contribution in [0.2, 0.25) is 0 Å². The molecule has 0 aromatic heterocycles. The number of ketones is 1. The van der Waals surface area contributed by atoms with Gasteiger partial charge in [0.2, 0.25) is 0 Å². The summed E-state index contributed by atoms with van der Waals surface area (Å²) in [7, 11) is 0. The van der Waals surface area contributed by atoms with E-state index in [1.54, 1.807) is 0 Å². The average molecular weight is 331 g/mol. The summed E-state index contributed by atoms with van der Waals surface area (Å²) in [5, 5.41) is 2.17. The number of benzene rings is 3. The minimum Gasteiger partial charge on any atom is -0.371 e. The second kappa shape index (κ2) is 7.52. The number of aryl methyl sites for hydroxylation is 1. The highest BCUT2D eigenvalue weighted by atomic mass is 16.1. The first-order valence-electron chi connectivity index (χ1n) is 9.10. The van der Waals surface area contributed by atoms with Gasteiger partial charge < -0.3 is 4.90 Å². The Morgan fingerprint density at radius 2 is 1.52 bits per heavy atom. The van der Waals surface area contributed by atoms with E-state index in [9.17, 15) is 4.79 Å². The van der Waals surface area contributed by atoms with E-state index in [0.717, 1.165) is 47.1 Å². The molecule has 3 aromatic rings. The molecule has 0 spiro atoms. The molecule has 0 aliphatic carbocycles. The highest BCUT2D eigenvalue weighted by molar-refractivity contribution is 6.20. The SMILES string of the molecule is CCc1cc2ccccc2c(C(=O)c2ccccc2)c1N(CC)CC. The molecule has 25 heavy (non-hydrogen) atoms. The highest BCUT2D eigenvalue weighted by Crippen LogP contribution is 2.35. The van der Waals surface area contributed by atoms with E-state index in [0.29, 0.717) is 0 Å². The molecule has 0 unspecified atom stereocenters. The normalized spacial score (nSPS) is 10.8. The predicted octanol–water partition coefficient (Wildman–Crippen LogP) is 5.48. The Hall–Kier alpha value is -2.61. The van der Waals surface area contributed by atoms with Gasteiger partial charge in [0.15, 0.2) is 5.78 Å². The summed E-state index contributed by atoms with van der Waals surface area (Å²) in [6, 6.07) is 20.1. The van der Waals surface area contributed by atoms with Crippen LogP contribution in [-0.2, 0) is 6.42 Å². The summed E-state index contributed by atoms with van der Waals surface area (Å²) in [5.41, 5.74) is 3.92. The molecule has 0 saturated heterocycles. The molecule has 0 aliphatic rings. The molecule has 2 heteroatoms. The fourth-order valence-corrected chi connectivity index (χ4v) is 3.53. The van der Waals surface area contributed by atoms with Crippen LogP contribution in [0.4, 0.5) is 5.69 Å². The van der Waals surface area contributed by atoms with E-state index in [1.807, 2.05) is 42.5 Å². The van der Waals surface area contributed by atoms with Crippen LogP contribution in [0.15, 0.2) is 60.7 Å². The molecule has 0 radical (unpaired) electrons. The standard InChI is InChI=1S/C23H25NO/c1-4-17-16-19-14-10-11-15-20(19)21(22(17)24(5-2)6-3)23(25)18-12-8-7-9-13-18/h7-16H,4-6H2,1-3H3. The minimum atomic E-state index is 0.106. The number of hydrogen-bond acceptors (Lipinski definition) is 2. The Kier molecular flexibility index (Phi) is 5.18. The third kappa shape index (κ3) is 3.17. The molecule has 3 aromatic carbocycles. The fraction of sp³-hybridized carbons (Fsp3) is 0.261. The van der Waals surface area contributed by atoms with Crippen LogP contribution in [0.1, 0.15) is 42.3 Å². The van der Waals surface area contributed by atoms with Gasteiger partial charge in [0.1, 0.15) is 0 Å². The number of anilines is 1. The Morgan fingerprint density at radius 1 is 0.880 bits per heavy atom. The zero-order chi connectivity index (χ0) is 17.8. The van der Waals surface area contributed by atoms with Crippen molar-refractivity contribution in [1.82, 2.24) is 0 Å². The monoisotopic (exact) mass is 331 g/mol. The van der Waals surface area contributed by atoms with E-state index >= 15 is 0 Å². The lowest BCUT2D eigenvalue weighted by atomic mass is 9.91. The van der Waals surface area contributed by atoms with Gasteiger partial charge in [-0.2, -0.15) is 0 Å². The quantitative estimate of drug-likeness (QED) is 0.557. The summed E-state index contributed by atoms with van der Waals surface area (Å²) in [5.74, 6) is 0.106. The van der Waals surface area contributed by atoms with Crippen LogP contribution in [0.5, 0.6) is 0 Å². The predicted molar refractivity (Wildman–Crippen MR) is 107 cm³/mol. The van der Waals surface area contributed by atoms with Crippen molar-refractivity contribution in [3.8, 4) is 0 Å². The van der Waals surface area contributed by atoms with Crippen molar-refractivity contribution in [3.05, 3.63) is 77.4 Å². The molecule has 0 N–H and O–H groups in total. The van der Waals surface area contributed by atoms with Crippen molar-refractivity contribution < 1.29 is 4.79 Å². The first kappa shape index (κ1) is 17.2. The second-order valence-electron chi connectivity index (χ2n) is 6.20. The molecule has 0 heterocycles. The minimum absolute atomic E-state index is 0.106. The molecule has 0 atom stereocenters. The zero-order valence-corrected chi connectivity index (χ0v) is 15.3. The van der Waals surface area contributed by atoms with Gasteiger partial charge in [-0.1, -0.05) is 61.5 Å². The van der Waals surface area contributed by atoms with Crippen molar-refractivity contribution >= 4 is 22.2 Å². The molecule has 2 nitrogen and oxygen atoms in total. The highest BCUT2D eigenvalue weighted by Gasteiger charge is 2.22. The average Bonchev–Trinajstić information content (AvgIpc) is 2.68. The lowest BCUT2D eigenvalue weighted by Gasteiger charge is -2.28. The zero-order valence-electron chi connectivity index (χ0n) is 15.3. The first-order valence-corrected chi connectivity index (χ1v) is 9.10. The topological polar surface area (TPSA) is 20.3 Å². The molecule has 0 saturated carbocycles. The second-order valence-corrected chi connectivity index (χ2v) is 6.20. The molecular formula is C23H25NO. The third-order valence-corrected chi connectivity index (χ3v) is 4.82. The molecule has 128 valence electrons. The van der Waals surface area contributed by atoms with E-state index in [4.69, 9.17) is 0 Å². The number of rotatable bonds is 6. The van der Waals surface area contributed by atoms with Crippen LogP contribution in [0.3, 0.4) is 0 Å². The fourth-order valence-electron chi connectivity index (χ4n) is 3.53. The van der Waals surface area contributed by atoms with Crippen LogP contribution >= 0.6 is 0 Å². The van der Waals surface area contributed by atoms with Gasteiger partial charge in [-0.05, 0) is 42.7 Å². The van der Waals surface area contributed by atoms with Crippen molar-refractivity contribution in [2.24, 2.45) is 0 Å².